The van der Waals surface area contributed by atoms with Gasteiger partial charge in [-0.2, -0.15) is 0 Å². The number of hydrogen-bond acceptors (Lipinski definition) is 4. The number of carboxylic acids is 1. The van der Waals surface area contributed by atoms with Crippen molar-refractivity contribution in [1.82, 2.24) is 9.21 Å². The minimum absolute atomic E-state index is 0.519. The van der Waals surface area contributed by atoms with Crippen molar-refractivity contribution in [1.29, 1.82) is 0 Å². The highest BCUT2D eigenvalue weighted by molar-refractivity contribution is 7.97. The Morgan fingerprint density at radius 2 is 1.86 bits per heavy atom. The first-order chi connectivity index (χ1) is 6.58. The van der Waals surface area contributed by atoms with Crippen LogP contribution in [-0.4, -0.2) is 52.3 Å². The van der Waals surface area contributed by atoms with E-state index >= 15 is 0 Å². The van der Waals surface area contributed by atoms with E-state index in [0.717, 1.165) is 18.8 Å². The SMILES string of the molecule is CCSN(C)C(C(=O)O)N(CC)CC. The average molecular weight is 220 g/mol. The second-order valence-corrected chi connectivity index (χ2v) is 4.31. The van der Waals surface area contributed by atoms with Crippen LogP contribution in [0.1, 0.15) is 20.8 Å². The van der Waals surface area contributed by atoms with Gasteiger partial charge in [-0.3, -0.25) is 4.90 Å². The Bertz CT molecular complexity index is 174. The van der Waals surface area contributed by atoms with Crippen LogP contribution in [0.2, 0.25) is 0 Å². The fraction of sp³-hybridized carbons (Fsp3) is 0.889. The predicted octanol–water partition coefficient (Wildman–Crippen LogP) is 1.34. The van der Waals surface area contributed by atoms with Crippen LogP contribution in [0.15, 0.2) is 0 Å². The van der Waals surface area contributed by atoms with Gasteiger partial charge in [0.1, 0.15) is 0 Å². The smallest absolute Gasteiger partial charge is 0.336 e. The summed E-state index contributed by atoms with van der Waals surface area (Å²) in [5.41, 5.74) is 0. The average Bonchev–Trinajstić information content (AvgIpc) is 2.13. The fourth-order valence-electron chi connectivity index (χ4n) is 1.39. The Morgan fingerprint density at radius 1 is 1.36 bits per heavy atom. The number of carbonyl (C=O) groups is 1. The molecule has 0 aromatic carbocycles. The summed E-state index contributed by atoms with van der Waals surface area (Å²) in [4.78, 5) is 13.0. The molecule has 0 rings (SSSR count). The van der Waals surface area contributed by atoms with Crippen LogP contribution < -0.4 is 0 Å². The summed E-state index contributed by atoms with van der Waals surface area (Å²) in [5.74, 6) is 0.110. The van der Waals surface area contributed by atoms with Crippen LogP contribution in [0.3, 0.4) is 0 Å². The van der Waals surface area contributed by atoms with E-state index in [-0.39, 0.29) is 0 Å². The second-order valence-electron chi connectivity index (χ2n) is 2.90. The molecular formula is C9H20N2O2S. The Morgan fingerprint density at radius 3 is 2.14 bits per heavy atom. The Kier molecular flexibility index (Phi) is 6.96. The van der Waals surface area contributed by atoms with Crippen LogP contribution in [-0.2, 0) is 4.79 Å². The lowest BCUT2D eigenvalue weighted by molar-refractivity contribution is -0.147. The summed E-state index contributed by atoms with van der Waals surface area (Å²) in [6.45, 7) is 7.47. The molecule has 0 heterocycles. The van der Waals surface area contributed by atoms with E-state index in [4.69, 9.17) is 5.11 Å². The molecule has 0 saturated heterocycles. The Balaban J connectivity index is 4.47. The van der Waals surface area contributed by atoms with E-state index in [1.54, 1.807) is 4.31 Å². The molecule has 0 aliphatic heterocycles. The van der Waals surface area contributed by atoms with Gasteiger partial charge in [0.25, 0.3) is 0 Å². The number of rotatable bonds is 7. The van der Waals surface area contributed by atoms with Gasteiger partial charge in [-0.1, -0.05) is 32.7 Å². The van der Waals surface area contributed by atoms with Crippen LogP contribution in [0.5, 0.6) is 0 Å². The molecule has 0 spiro atoms. The number of nitrogens with zero attached hydrogens (tertiary/aromatic N) is 2. The van der Waals surface area contributed by atoms with Gasteiger partial charge >= 0.3 is 5.97 Å². The second kappa shape index (κ2) is 7.09. The molecule has 0 aromatic heterocycles. The largest absolute Gasteiger partial charge is 0.479 e. The molecular weight excluding hydrogens is 200 g/mol. The lowest BCUT2D eigenvalue weighted by Gasteiger charge is -2.32. The van der Waals surface area contributed by atoms with Crippen molar-refractivity contribution in [3.63, 3.8) is 0 Å². The third kappa shape index (κ3) is 3.86. The quantitative estimate of drug-likeness (QED) is 0.518. The first kappa shape index (κ1) is 13.7. The fourth-order valence-corrected chi connectivity index (χ4v) is 2.16. The molecule has 0 fully saturated rings. The molecule has 0 aliphatic rings. The van der Waals surface area contributed by atoms with Crippen molar-refractivity contribution >= 4 is 17.9 Å². The molecule has 0 amide bonds. The molecule has 5 heteroatoms. The highest BCUT2D eigenvalue weighted by Gasteiger charge is 2.27. The first-order valence-corrected chi connectivity index (χ1v) is 5.85. The molecule has 0 aliphatic carbocycles. The maximum atomic E-state index is 11.1. The van der Waals surface area contributed by atoms with Crippen LogP contribution >= 0.6 is 11.9 Å². The number of aliphatic carboxylic acids is 1. The lowest BCUT2D eigenvalue weighted by Crippen LogP contribution is -2.49. The van der Waals surface area contributed by atoms with Gasteiger partial charge in [0.2, 0.25) is 0 Å². The predicted molar refractivity (Wildman–Crippen MR) is 60.2 cm³/mol. The number of carboxylic acid groups (broad SMARTS) is 1. The zero-order chi connectivity index (χ0) is 11.1. The first-order valence-electron chi connectivity index (χ1n) is 4.91. The van der Waals surface area contributed by atoms with Gasteiger partial charge in [0, 0.05) is 5.75 Å². The Labute approximate surface area is 90.4 Å². The minimum atomic E-state index is -0.780. The maximum Gasteiger partial charge on any atom is 0.336 e. The summed E-state index contributed by atoms with van der Waals surface area (Å²) in [7, 11) is 1.82. The highest BCUT2D eigenvalue weighted by atomic mass is 32.2. The highest BCUT2D eigenvalue weighted by Crippen LogP contribution is 2.14. The summed E-state index contributed by atoms with van der Waals surface area (Å²) < 4.78 is 1.80. The molecule has 14 heavy (non-hydrogen) atoms. The normalized spacial score (nSPS) is 13.6. The van der Waals surface area contributed by atoms with Gasteiger partial charge < -0.3 is 5.11 Å². The van der Waals surface area contributed by atoms with Crippen molar-refractivity contribution in [2.24, 2.45) is 0 Å². The monoisotopic (exact) mass is 220 g/mol. The van der Waals surface area contributed by atoms with E-state index in [0.29, 0.717) is 0 Å². The molecule has 1 atom stereocenters. The molecule has 0 saturated carbocycles. The van der Waals surface area contributed by atoms with Crippen molar-refractivity contribution in [3.05, 3.63) is 0 Å². The number of hydrogen-bond donors (Lipinski definition) is 1. The summed E-state index contributed by atoms with van der Waals surface area (Å²) >= 11 is 1.54. The molecule has 0 bridgehead atoms. The van der Waals surface area contributed by atoms with Crippen molar-refractivity contribution in [3.8, 4) is 0 Å². The molecule has 1 unspecified atom stereocenters. The van der Waals surface area contributed by atoms with Crippen LogP contribution in [0.4, 0.5) is 0 Å². The minimum Gasteiger partial charge on any atom is -0.479 e. The van der Waals surface area contributed by atoms with Crippen molar-refractivity contribution in [2.45, 2.75) is 26.9 Å². The maximum absolute atomic E-state index is 11.1. The van der Waals surface area contributed by atoms with Gasteiger partial charge in [0.15, 0.2) is 6.17 Å². The van der Waals surface area contributed by atoms with E-state index < -0.39 is 12.1 Å². The standard InChI is InChI=1S/C9H20N2O2S/c1-5-11(6-2)8(9(12)13)10(4)14-7-3/h8H,5-7H2,1-4H3,(H,12,13). The van der Waals surface area contributed by atoms with Crippen LogP contribution in [0, 0.1) is 0 Å². The molecule has 1 N–H and O–H groups in total. The summed E-state index contributed by atoms with van der Waals surface area (Å²) in [6.07, 6.45) is -0.519. The number of likely N-dealkylation sites (N-methyl/N-ethyl adjacent to an activating group) is 2. The van der Waals surface area contributed by atoms with E-state index in [1.807, 2.05) is 32.7 Å². The van der Waals surface area contributed by atoms with Crippen molar-refractivity contribution < 1.29 is 9.90 Å². The van der Waals surface area contributed by atoms with Gasteiger partial charge in [-0.25, -0.2) is 9.10 Å². The third-order valence-corrected chi connectivity index (χ3v) is 2.92. The van der Waals surface area contributed by atoms with Crippen LogP contribution in [0.25, 0.3) is 0 Å². The zero-order valence-electron chi connectivity index (χ0n) is 9.36. The Hall–Kier alpha value is -0.260. The molecule has 0 radical (unpaired) electrons. The molecule has 0 aromatic rings. The van der Waals surface area contributed by atoms with Crippen molar-refractivity contribution in [2.75, 3.05) is 25.9 Å². The van der Waals surface area contributed by atoms with E-state index in [1.165, 1.54) is 11.9 Å². The van der Waals surface area contributed by atoms with Gasteiger partial charge in [-0.05, 0) is 20.1 Å². The summed E-state index contributed by atoms with van der Waals surface area (Å²) in [5, 5.41) is 9.11. The third-order valence-electron chi connectivity index (χ3n) is 2.06. The zero-order valence-corrected chi connectivity index (χ0v) is 10.2. The molecule has 4 nitrogen and oxygen atoms in total. The molecule has 84 valence electrons. The van der Waals surface area contributed by atoms with E-state index in [2.05, 4.69) is 0 Å². The van der Waals surface area contributed by atoms with E-state index in [9.17, 15) is 4.79 Å². The topological polar surface area (TPSA) is 43.8 Å². The van der Waals surface area contributed by atoms with Gasteiger partial charge in [0.05, 0.1) is 0 Å². The lowest BCUT2D eigenvalue weighted by atomic mass is 10.4. The van der Waals surface area contributed by atoms with Gasteiger partial charge in [-0.15, -0.1) is 0 Å². The summed E-state index contributed by atoms with van der Waals surface area (Å²) in [6, 6.07) is 0.